The molecule has 4 rings (SSSR count). The van der Waals surface area contributed by atoms with Gasteiger partial charge in [-0.2, -0.15) is 0 Å². The SMILES string of the molecule is Cc1ccccc1CSc1nnc(COc2ccc3c(c2)CCC(=O)N3)o1. The van der Waals surface area contributed by atoms with Crippen molar-refractivity contribution in [3.63, 3.8) is 0 Å². The maximum Gasteiger partial charge on any atom is 0.277 e. The zero-order chi connectivity index (χ0) is 18.6. The van der Waals surface area contributed by atoms with Gasteiger partial charge >= 0.3 is 0 Å². The summed E-state index contributed by atoms with van der Waals surface area (Å²) in [5, 5.41) is 11.5. The molecule has 1 aliphatic rings. The lowest BCUT2D eigenvalue weighted by atomic mass is 10.0. The van der Waals surface area contributed by atoms with Gasteiger partial charge in [-0.05, 0) is 48.2 Å². The van der Waals surface area contributed by atoms with E-state index in [0.717, 1.165) is 29.2 Å². The normalized spacial score (nSPS) is 13.1. The number of aryl methyl sites for hydroxylation is 2. The molecule has 0 fully saturated rings. The molecule has 6 nitrogen and oxygen atoms in total. The van der Waals surface area contributed by atoms with E-state index in [0.29, 0.717) is 17.5 Å². The Morgan fingerprint density at radius 2 is 2.07 bits per heavy atom. The summed E-state index contributed by atoms with van der Waals surface area (Å²) in [5.41, 5.74) is 4.43. The Balaban J connectivity index is 1.33. The molecule has 138 valence electrons. The van der Waals surface area contributed by atoms with Crippen molar-refractivity contribution in [3.05, 3.63) is 65.0 Å². The third kappa shape index (κ3) is 4.31. The molecule has 1 aliphatic heterocycles. The highest BCUT2D eigenvalue weighted by Crippen LogP contribution is 2.28. The summed E-state index contributed by atoms with van der Waals surface area (Å²) in [6, 6.07) is 13.9. The molecule has 0 unspecified atom stereocenters. The summed E-state index contributed by atoms with van der Waals surface area (Å²) >= 11 is 1.51. The van der Waals surface area contributed by atoms with Gasteiger partial charge in [0.15, 0.2) is 6.61 Å². The van der Waals surface area contributed by atoms with Crippen LogP contribution in [0.2, 0.25) is 0 Å². The van der Waals surface area contributed by atoms with Gasteiger partial charge in [0.05, 0.1) is 0 Å². The number of amides is 1. The monoisotopic (exact) mass is 381 g/mol. The lowest BCUT2D eigenvalue weighted by Crippen LogP contribution is -2.18. The molecular formula is C20H19N3O3S. The van der Waals surface area contributed by atoms with Crippen molar-refractivity contribution >= 4 is 23.4 Å². The van der Waals surface area contributed by atoms with Crippen molar-refractivity contribution in [2.75, 3.05) is 5.32 Å². The maximum atomic E-state index is 11.4. The number of carbonyl (C=O) groups excluding carboxylic acids is 1. The Bertz CT molecular complexity index is 971. The van der Waals surface area contributed by atoms with Gasteiger partial charge in [-0.15, -0.1) is 10.2 Å². The van der Waals surface area contributed by atoms with Crippen LogP contribution in [0, 0.1) is 6.92 Å². The largest absolute Gasteiger partial charge is 0.484 e. The highest BCUT2D eigenvalue weighted by atomic mass is 32.2. The standard InChI is InChI=1S/C20H19N3O3S/c1-13-4-2-3-5-15(13)12-27-20-23-22-19(26-20)11-25-16-7-8-17-14(10-16)6-9-18(24)21-17/h2-5,7-8,10H,6,9,11-12H2,1H3,(H,21,24). The third-order valence-electron chi connectivity index (χ3n) is 4.40. The van der Waals surface area contributed by atoms with Gasteiger partial charge in [0.1, 0.15) is 5.75 Å². The average molecular weight is 381 g/mol. The molecule has 2 heterocycles. The van der Waals surface area contributed by atoms with Crippen LogP contribution < -0.4 is 10.1 Å². The first-order chi connectivity index (χ1) is 13.2. The van der Waals surface area contributed by atoms with Gasteiger partial charge in [-0.1, -0.05) is 36.0 Å². The van der Waals surface area contributed by atoms with E-state index in [-0.39, 0.29) is 12.5 Å². The molecule has 1 aromatic heterocycles. The fraction of sp³-hybridized carbons (Fsp3) is 0.250. The summed E-state index contributed by atoms with van der Waals surface area (Å²) in [5.74, 6) is 1.99. The van der Waals surface area contributed by atoms with Gasteiger partial charge in [0.2, 0.25) is 5.91 Å². The third-order valence-corrected chi connectivity index (χ3v) is 5.26. The van der Waals surface area contributed by atoms with Gasteiger partial charge in [-0.3, -0.25) is 4.79 Å². The van der Waals surface area contributed by atoms with E-state index >= 15 is 0 Å². The van der Waals surface area contributed by atoms with Crippen molar-refractivity contribution < 1.29 is 13.9 Å². The predicted octanol–water partition coefficient (Wildman–Crippen LogP) is 4.13. The van der Waals surface area contributed by atoms with Gasteiger partial charge in [-0.25, -0.2) is 0 Å². The van der Waals surface area contributed by atoms with Crippen LogP contribution in [-0.2, 0) is 23.6 Å². The lowest BCUT2D eigenvalue weighted by Gasteiger charge is -2.17. The fourth-order valence-electron chi connectivity index (χ4n) is 2.86. The van der Waals surface area contributed by atoms with Gasteiger partial charge in [0.25, 0.3) is 11.1 Å². The molecule has 1 N–H and O–H groups in total. The number of rotatable bonds is 6. The smallest absolute Gasteiger partial charge is 0.277 e. The average Bonchev–Trinajstić information content (AvgIpc) is 3.13. The maximum absolute atomic E-state index is 11.4. The van der Waals surface area contributed by atoms with Crippen LogP contribution in [0.4, 0.5) is 5.69 Å². The quantitative estimate of drug-likeness (QED) is 0.647. The van der Waals surface area contributed by atoms with E-state index < -0.39 is 0 Å². The van der Waals surface area contributed by atoms with Gasteiger partial charge < -0.3 is 14.5 Å². The molecule has 0 saturated heterocycles. The first kappa shape index (κ1) is 17.6. The van der Waals surface area contributed by atoms with Crippen molar-refractivity contribution in [1.29, 1.82) is 0 Å². The van der Waals surface area contributed by atoms with Crippen LogP contribution in [0.5, 0.6) is 5.75 Å². The minimum atomic E-state index is 0.0535. The number of benzene rings is 2. The van der Waals surface area contributed by atoms with Crippen LogP contribution in [-0.4, -0.2) is 16.1 Å². The van der Waals surface area contributed by atoms with Crippen LogP contribution in [0.15, 0.2) is 52.1 Å². The van der Waals surface area contributed by atoms with E-state index in [2.05, 4.69) is 34.6 Å². The molecule has 0 atom stereocenters. The Kier molecular flexibility index (Phi) is 5.11. The Morgan fingerprint density at radius 1 is 1.19 bits per heavy atom. The summed E-state index contributed by atoms with van der Waals surface area (Å²) in [7, 11) is 0. The summed E-state index contributed by atoms with van der Waals surface area (Å²) < 4.78 is 11.4. The van der Waals surface area contributed by atoms with E-state index in [1.807, 2.05) is 30.3 Å². The highest BCUT2D eigenvalue weighted by Gasteiger charge is 2.15. The molecule has 1 amide bonds. The number of ether oxygens (including phenoxy) is 1. The molecule has 3 aromatic rings. The molecule has 0 spiro atoms. The molecule has 2 aromatic carbocycles. The molecule has 0 bridgehead atoms. The van der Waals surface area contributed by atoms with Crippen molar-refractivity contribution in [2.45, 2.75) is 37.3 Å². The second-order valence-electron chi connectivity index (χ2n) is 6.33. The summed E-state index contributed by atoms with van der Waals surface area (Å²) in [6.45, 7) is 2.30. The van der Waals surface area contributed by atoms with Crippen LogP contribution >= 0.6 is 11.8 Å². The van der Waals surface area contributed by atoms with E-state index in [1.165, 1.54) is 22.9 Å². The number of hydrogen-bond donors (Lipinski definition) is 1. The second kappa shape index (κ2) is 7.84. The molecule has 27 heavy (non-hydrogen) atoms. The van der Waals surface area contributed by atoms with Crippen LogP contribution in [0.3, 0.4) is 0 Å². The summed E-state index contributed by atoms with van der Waals surface area (Å²) in [4.78, 5) is 11.4. The fourth-order valence-corrected chi connectivity index (χ4v) is 3.72. The zero-order valence-electron chi connectivity index (χ0n) is 14.9. The van der Waals surface area contributed by atoms with E-state index in [9.17, 15) is 4.79 Å². The number of nitrogens with zero attached hydrogens (tertiary/aromatic N) is 2. The van der Waals surface area contributed by atoms with Crippen molar-refractivity contribution in [1.82, 2.24) is 10.2 Å². The summed E-state index contributed by atoms with van der Waals surface area (Å²) in [6.07, 6.45) is 1.22. The minimum absolute atomic E-state index is 0.0535. The predicted molar refractivity (Wildman–Crippen MR) is 103 cm³/mol. The molecule has 0 radical (unpaired) electrons. The Labute approximate surface area is 161 Å². The van der Waals surface area contributed by atoms with Crippen molar-refractivity contribution in [3.8, 4) is 5.75 Å². The number of aromatic nitrogens is 2. The van der Waals surface area contributed by atoms with E-state index in [1.54, 1.807) is 0 Å². The zero-order valence-corrected chi connectivity index (χ0v) is 15.7. The Morgan fingerprint density at radius 3 is 2.96 bits per heavy atom. The minimum Gasteiger partial charge on any atom is -0.484 e. The number of thioether (sulfide) groups is 1. The first-order valence-electron chi connectivity index (χ1n) is 8.72. The number of anilines is 1. The van der Waals surface area contributed by atoms with Crippen LogP contribution in [0.1, 0.15) is 29.0 Å². The van der Waals surface area contributed by atoms with E-state index in [4.69, 9.17) is 9.15 Å². The second-order valence-corrected chi connectivity index (χ2v) is 7.26. The first-order valence-corrected chi connectivity index (χ1v) is 9.71. The number of carbonyl (C=O) groups is 1. The topological polar surface area (TPSA) is 77.2 Å². The highest BCUT2D eigenvalue weighted by molar-refractivity contribution is 7.98. The molecule has 0 aliphatic carbocycles. The number of hydrogen-bond acceptors (Lipinski definition) is 6. The van der Waals surface area contributed by atoms with Crippen LogP contribution in [0.25, 0.3) is 0 Å². The molecular weight excluding hydrogens is 362 g/mol. The molecule has 0 saturated carbocycles. The molecule has 7 heteroatoms. The number of fused-ring (bicyclic) bond motifs is 1. The van der Waals surface area contributed by atoms with Gasteiger partial charge in [0, 0.05) is 17.9 Å². The Hall–Kier alpha value is -2.80. The van der Waals surface area contributed by atoms with Crippen molar-refractivity contribution in [2.24, 2.45) is 0 Å². The lowest BCUT2D eigenvalue weighted by molar-refractivity contribution is -0.116. The number of nitrogens with one attached hydrogen (secondary N) is 1.